The standard InChI is InChI=1S/C14H18BrN3/c1-10(2)16-9-12-4-5-14(13(15)8-12)18-7-6-11(3)17-18/h4-8,10,16H,9H2,1-3H3. The van der Waals surface area contributed by atoms with Crippen molar-refractivity contribution in [1.29, 1.82) is 0 Å². The minimum absolute atomic E-state index is 0.497. The average Bonchev–Trinajstić information content (AvgIpc) is 2.73. The summed E-state index contributed by atoms with van der Waals surface area (Å²) in [6.45, 7) is 7.17. The Hall–Kier alpha value is -1.13. The van der Waals surface area contributed by atoms with Gasteiger partial charge in [0.2, 0.25) is 0 Å². The minimum Gasteiger partial charge on any atom is -0.310 e. The van der Waals surface area contributed by atoms with Gasteiger partial charge in [0.25, 0.3) is 0 Å². The predicted molar refractivity (Wildman–Crippen MR) is 78.0 cm³/mol. The number of benzene rings is 1. The van der Waals surface area contributed by atoms with Crippen LogP contribution in [0.3, 0.4) is 0 Å². The Morgan fingerprint density at radius 3 is 2.67 bits per heavy atom. The van der Waals surface area contributed by atoms with Gasteiger partial charge in [-0.1, -0.05) is 19.9 Å². The van der Waals surface area contributed by atoms with Crippen molar-refractivity contribution in [3.8, 4) is 5.69 Å². The largest absolute Gasteiger partial charge is 0.310 e. The van der Waals surface area contributed by atoms with Crippen molar-refractivity contribution in [1.82, 2.24) is 15.1 Å². The highest BCUT2D eigenvalue weighted by Gasteiger charge is 2.05. The second-order valence-electron chi connectivity index (χ2n) is 4.72. The lowest BCUT2D eigenvalue weighted by Gasteiger charge is -2.10. The summed E-state index contributed by atoms with van der Waals surface area (Å²) in [5.74, 6) is 0. The first-order valence-electron chi connectivity index (χ1n) is 6.10. The Morgan fingerprint density at radius 1 is 1.33 bits per heavy atom. The Bertz CT molecular complexity index is 532. The molecule has 0 aliphatic carbocycles. The highest BCUT2D eigenvalue weighted by molar-refractivity contribution is 9.10. The van der Waals surface area contributed by atoms with Crippen molar-refractivity contribution in [2.75, 3.05) is 0 Å². The van der Waals surface area contributed by atoms with Crippen LogP contribution in [0.2, 0.25) is 0 Å². The molecule has 96 valence electrons. The average molecular weight is 308 g/mol. The number of aromatic nitrogens is 2. The summed E-state index contributed by atoms with van der Waals surface area (Å²) in [6, 6.07) is 8.86. The summed E-state index contributed by atoms with van der Waals surface area (Å²) in [5, 5.41) is 7.83. The highest BCUT2D eigenvalue weighted by atomic mass is 79.9. The fourth-order valence-electron chi connectivity index (χ4n) is 1.72. The number of halogens is 1. The van der Waals surface area contributed by atoms with Crippen LogP contribution in [0.5, 0.6) is 0 Å². The van der Waals surface area contributed by atoms with E-state index in [0.717, 1.165) is 22.4 Å². The van der Waals surface area contributed by atoms with Crippen molar-refractivity contribution in [2.45, 2.75) is 33.4 Å². The topological polar surface area (TPSA) is 29.9 Å². The van der Waals surface area contributed by atoms with Gasteiger partial charge in [-0.05, 0) is 46.6 Å². The molecular weight excluding hydrogens is 290 g/mol. The normalized spacial score (nSPS) is 11.2. The minimum atomic E-state index is 0.497. The fraction of sp³-hybridized carbons (Fsp3) is 0.357. The molecule has 0 spiro atoms. The van der Waals surface area contributed by atoms with Gasteiger partial charge in [-0.25, -0.2) is 4.68 Å². The van der Waals surface area contributed by atoms with E-state index in [2.05, 4.69) is 58.4 Å². The van der Waals surface area contributed by atoms with Crippen molar-refractivity contribution in [3.05, 3.63) is 46.2 Å². The van der Waals surface area contributed by atoms with E-state index in [-0.39, 0.29) is 0 Å². The number of hydrogen-bond acceptors (Lipinski definition) is 2. The van der Waals surface area contributed by atoms with E-state index in [1.165, 1.54) is 5.56 Å². The van der Waals surface area contributed by atoms with Crippen LogP contribution in [0.25, 0.3) is 5.69 Å². The van der Waals surface area contributed by atoms with Gasteiger partial charge in [-0.15, -0.1) is 0 Å². The van der Waals surface area contributed by atoms with E-state index in [1.54, 1.807) is 0 Å². The van der Waals surface area contributed by atoms with Crippen molar-refractivity contribution in [2.24, 2.45) is 0 Å². The molecule has 0 aliphatic heterocycles. The molecule has 0 bridgehead atoms. The first-order chi connectivity index (χ1) is 8.56. The number of rotatable bonds is 4. The maximum atomic E-state index is 4.42. The highest BCUT2D eigenvalue weighted by Crippen LogP contribution is 2.22. The van der Waals surface area contributed by atoms with Gasteiger partial charge in [0.05, 0.1) is 11.4 Å². The van der Waals surface area contributed by atoms with Crippen molar-refractivity contribution in [3.63, 3.8) is 0 Å². The van der Waals surface area contributed by atoms with E-state index in [0.29, 0.717) is 6.04 Å². The zero-order chi connectivity index (χ0) is 13.1. The van der Waals surface area contributed by atoms with E-state index in [9.17, 15) is 0 Å². The molecule has 0 radical (unpaired) electrons. The molecule has 4 heteroatoms. The van der Waals surface area contributed by atoms with Gasteiger partial charge >= 0.3 is 0 Å². The molecule has 1 aromatic carbocycles. The molecule has 0 unspecified atom stereocenters. The van der Waals surface area contributed by atoms with Crippen LogP contribution in [0.4, 0.5) is 0 Å². The van der Waals surface area contributed by atoms with Gasteiger partial charge in [-0.2, -0.15) is 5.10 Å². The van der Waals surface area contributed by atoms with Crippen molar-refractivity contribution < 1.29 is 0 Å². The van der Waals surface area contributed by atoms with Crippen LogP contribution in [-0.4, -0.2) is 15.8 Å². The summed E-state index contributed by atoms with van der Waals surface area (Å²) in [6.07, 6.45) is 1.97. The van der Waals surface area contributed by atoms with E-state index in [1.807, 2.05) is 23.9 Å². The first-order valence-corrected chi connectivity index (χ1v) is 6.90. The van der Waals surface area contributed by atoms with Crippen LogP contribution in [-0.2, 0) is 6.54 Å². The summed E-state index contributed by atoms with van der Waals surface area (Å²) in [7, 11) is 0. The van der Waals surface area contributed by atoms with Gasteiger partial charge in [0.1, 0.15) is 0 Å². The Morgan fingerprint density at radius 2 is 2.11 bits per heavy atom. The second kappa shape index (κ2) is 5.67. The number of nitrogens with one attached hydrogen (secondary N) is 1. The summed E-state index contributed by atoms with van der Waals surface area (Å²) in [5.41, 5.74) is 3.35. The summed E-state index contributed by atoms with van der Waals surface area (Å²) < 4.78 is 2.95. The molecule has 0 saturated carbocycles. The van der Waals surface area contributed by atoms with E-state index in [4.69, 9.17) is 0 Å². The molecule has 1 N–H and O–H groups in total. The number of aryl methyl sites for hydroxylation is 1. The Labute approximate surface area is 116 Å². The van der Waals surface area contributed by atoms with Crippen LogP contribution in [0, 0.1) is 6.92 Å². The number of nitrogens with zero attached hydrogens (tertiary/aromatic N) is 2. The fourth-order valence-corrected chi connectivity index (χ4v) is 2.33. The maximum absolute atomic E-state index is 4.42. The van der Waals surface area contributed by atoms with E-state index < -0.39 is 0 Å². The van der Waals surface area contributed by atoms with Crippen LogP contribution >= 0.6 is 15.9 Å². The third-order valence-electron chi connectivity index (χ3n) is 2.70. The first kappa shape index (κ1) is 13.3. The third-order valence-corrected chi connectivity index (χ3v) is 3.33. The molecule has 0 aliphatic rings. The van der Waals surface area contributed by atoms with Gasteiger partial charge < -0.3 is 5.32 Å². The van der Waals surface area contributed by atoms with Crippen LogP contribution in [0.1, 0.15) is 25.1 Å². The van der Waals surface area contributed by atoms with Crippen LogP contribution in [0.15, 0.2) is 34.9 Å². The molecule has 1 aromatic heterocycles. The molecule has 2 rings (SSSR count). The van der Waals surface area contributed by atoms with Gasteiger partial charge in [0, 0.05) is 23.3 Å². The SMILES string of the molecule is Cc1ccn(-c2ccc(CNC(C)C)cc2Br)n1. The molecule has 0 atom stereocenters. The van der Waals surface area contributed by atoms with E-state index >= 15 is 0 Å². The lowest BCUT2D eigenvalue weighted by Crippen LogP contribution is -2.21. The molecular formula is C14H18BrN3. The zero-order valence-electron chi connectivity index (χ0n) is 10.9. The monoisotopic (exact) mass is 307 g/mol. The predicted octanol–water partition coefficient (Wildman–Crippen LogP) is 3.44. The lowest BCUT2D eigenvalue weighted by atomic mass is 10.2. The van der Waals surface area contributed by atoms with Gasteiger partial charge in [-0.3, -0.25) is 0 Å². The smallest absolute Gasteiger partial charge is 0.0787 e. The molecule has 2 aromatic rings. The lowest BCUT2D eigenvalue weighted by molar-refractivity contribution is 0.588. The molecule has 18 heavy (non-hydrogen) atoms. The Kier molecular flexibility index (Phi) is 4.19. The summed E-state index contributed by atoms with van der Waals surface area (Å²) in [4.78, 5) is 0. The quantitative estimate of drug-likeness (QED) is 0.937. The number of hydrogen-bond donors (Lipinski definition) is 1. The second-order valence-corrected chi connectivity index (χ2v) is 5.58. The molecule has 0 amide bonds. The molecule has 1 heterocycles. The molecule has 3 nitrogen and oxygen atoms in total. The van der Waals surface area contributed by atoms with Crippen molar-refractivity contribution >= 4 is 15.9 Å². The molecule has 0 saturated heterocycles. The molecule has 0 fully saturated rings. The Balaban J connectivity index is 2.20. The third kappa shape index (κ3) is 3.21. The summed E-state index contributed by atoms with van der Waals surface area (Å²) >= 11 is 3.61. The van der Waals surface area contributed by atoms with Crippen LogP contribution < -0.4 is 5.32 Å². The maximum Gasteiger partial charge on any atom is 0.0787 e. The zero-order valence-corrected chi connectivity index (χ0v) is 12.5. The van der Waals surface area contributed by atoms with Gasteiger partial charge in [0.15, 0.2) is 0 Å².